The first kappa shape index (κ1) is 13.8. The molecular formula is C11H15ClN2O3. The Morgan fingerprint density at radius 2 is 2.12 bits per heavy atom. The van der Waals surface area contributed by atoms with Crippen molar-refractivity contribution in [1.82, 2.24) is 5.32 Å². The molecule has 0 saturated carbocycles. The summed E-state index contributed by atoms with van der Waals surface area (Å²) in [7, 11) is 0. The number of phenolic OH excluding ortho intramolecular Hbond substituents is 1. The summed E-state index contributed by atoms with van der Waals surface area (Å²) in [5, 5.41) is 24.3. The molecule has 94 valence electrons. The molecule has 6 heteroatoms. The number of anilines is 1. The highest BCUT2D eigenvalue weighted by molar-refractivity contribution is 5.96. The zero-order valence-corrected chi connectivity index (χ0v) is 9.91. The van der Waals surface area contributed by atoms with Crippen LogP contribution in [0, 0.1) is 0 Å². The van der Waals surface area contributed by atoms with E-state index in [-0.39, 0.29) is 24.1 Å². The third kappa shape index (κ3) is 3.33. The van der Waals surface area contributed by atoms with Gasteiger partial charge in [-0.3, -0.25) is 4.79 Å². The summed E-state index contributed by atoms with van der Waals surface area (Å²) in [6.07, 6.45) is -0.0699. The predicted octanol–water partition coefficient (Wildman–Crippen LogP) is 0.475. The van der Waals surface area contributed by atoms with E-state index in [0.717, 1.165) is 0 Å². The fourth-order valence-corrected chi connectivity index (χ4v) is 1.72. The van der Waals surface area contributed by atoms with E-state index < -0.39 is 12.1 Å². The molecule has 0 radical (unpaired) electrons. The van der Waals surface area contributed by atoms with Crippen LogP contribution in [0.5, 0.6) is 5.75 Å². The fraction of sp³-hybridized carbons (Fsp3) is 0.364. The van der Waals surface area contributed by atoms with Crippen molar-refractivity contribution in [3.8, 4) is 5.75 Å². The number of aromatic hydroxyl groups is 1. The Balaban J connectivity index is 0.00000144. The largest absolute Gasteiger partial charge is 0.506 e. The smallest absolute Gasteiger partial charge is 0.241 e. The first-order valence-electron chi connectivity index (χ1n) is 5.17. The monoisotopic (exact) mass is 258 g/mol. The SMILES string of the molecule is Cl.O=C(Nc1ccccc1O)C1CC(O)CN1. The van der Waals surface area contributed by atoms with E-state index in [4.69, 9.17) is 0 Å². The lowest BCUT2D eigenvalue weighted by atomic mass is 10.2. The lowest BCUT2D eigenvalue weighted by molar-refractivity contribution is -0.117. The number of aliphatic hydroxyl groups excluding tert-OH is 1. The van der Waals surface area contributed by atoms with Gasteiger partial charge in [0.2, 0.25) is 5.91 Å². The summed E-state index contributed by atoms with van der Waals surface area (Å²) in [5.41, 5.74) is 0.385. The molecule has 1 aliphatic rings. The van der Waals surface area contributed by atoms with E-state index in [0.29, 0.717) is 18.7 Å². The number of benzene rings is 1. The number of amides is 1. The van der Waals surface area contributed by atoms with Crippen LogP contribution in [0.3, 0.4) is 0 Å². The van der Waals surface area contributed by atoms with Crippen LogP contribution in [0.2, 0.25) is 0 Å². The maximum absolute atomic E-state index is 11.7. The summed E-state index contributed by atoms with van der Waals surface area (Å²) >= 11 is 0. The molecule has 1 aromatic rings. The van der Waals surface area contributed by atoms with E-state index in [1.807, 2.05) is 0 Å². The lowest BCUT2D eigenvalue weighted by Crippen LogP contribution is -2.35. The van der Waals surface area contributed by atoms with Gasteiger partial charge in [-0.2, -0.15) is 0 Å². The van der Waals surface area contributed by atoms with E-state index >= 15 is 0 Å². The minimum atomic E-state index is -0.472. The number of aliphatic hydroxyl groups is 1. The Bertz CT molecular complexity index is 400. The number of nitrogens with one attached hydrogen (secondary N) is 2. The number of para-hydroxylation sites is 2. The van der Waals surface area contributed by atoms with Gasteiger partial charge >= 0.3 is 0 Å². The quantitative estimate of drug-likeness (QED) is 0.582. The molecule has 2 rings (SSSR count). The zero-order chi connectivity index (χ0) is 11.5. The van der Waals surface area contributed by atoms with Crippen molar-refractivity contribution in [3.05, 3.63) is 24.3 Å². The third-order valence-corrected chi connectivity index (χ3v) is 2.59. The van der Waals surface area contributed by atoms with Gasteiger partial charge in [0.15, 0.2) is 0 Å². The number of phenols is 1. The lowest BCUT2D eigenvalue weighted by Gasteiger charge is -2.11. The van der Waals surface area contributed by atoms with Crippen molar-refractivity contribution in [1.29, 1.82) is 0 Å². The Labute approximate surface area is 105 Å². The summed E-state index contributed by atoms with van der Waals surface area (Å²) in [4.78, 5) is 11.7. The first-order chi connectivity index (χ1) is 7.66. The molecule has 2 atom stereocenters. The third-order valence-electron chi connectivity index (χ3n) is 2.59. The molecule has 4 N–H and O–H groups in total. The van der Waals surface area contributed by atoms with Crippen molar-refractivity contribution in [3.63, 3.8) is 0 Å². The molecule has 1 amide bonds. The molecule has 5 nitrogen and oxygen atoms in total. The second-order valence-corrected chi connectivity index (χ2v) is 3.86. The minimum Gasteiger partial charge on any atom is -0.506 e. The topological polar surface area (TPSA) is 81.6 Å². The Hall–Kier alpha value is -1.30. The molecule has 0 bridgehead atoms. The fourth-order valence-electron chi connectivity index (χ4n) is 1.72. The average Bonchev–Trinajstić information content (AvgIpc) is 2.68. The second kappa shape index (κ2) is 5.86. The van der Waals surface area contributed by atoms with E-state index in [9.17, 15) is 15.0 Å². The number of halogens is 1. The molecular weight excluding hydrogens is 244 g/mol. The van der Waals surface area contributed by atoms with Crippen molar-refractivity contribution in [2.75, 3.05) is 11.9 Å². The first-order valence-corrected chi connectivity index (χ1v) is 5.17. The Kier molecular flexibility index (Phi) is 4.74. The van der Waals surface area contributed by atoms with Crippen LogP contribution in [-0.4, -0.2) is 34.8 Å². The van der Waals surface area contributed by atoms with Crippen molar-refractivity contribution in [2.24, 2.45) is 0 Å². The van der Waals surface area contributed by atoms with Gasteiger partial charge in [-0.1, -0.05) is 12.1 Å². The highest BCUT2D eigenvalue weighted by Gasteiger charge is 2.28. The van der Waals surface area contributed by atoms with E-state index in [2.05, 4.69) is 10.6 Å². The van der Waals surface area contributed by atoms with Gasteiger partial charge in [-0.05, 0) is 18.6 Å². The number of carbonyl (C=O) groups is 1. The van der Waals surface area contributed by atoms with Crippen LogP contribution in [0.25, 0.3) is 0 Å². The van der Waals surface area contributed by atoms with Gasteiger partial charge in [0.1, 0.15) is 5.75 Å². The van der Waals surface area contributed by atoms with Crippen LogP contribution >= 0.6 is 12.4 Å². The molecule has 1 aromatic carbocycles. The normalized spacial score (nSPS) is 22.9. The number of hydrogen-bond donors (Lipinski definition) is 4. The van der Waals surface area contributed by atoms with Gasteiger partial charge in [0, 0.05) is 6.54 Å². The van der Waals surface area contributed by atoms with Crippen LogP contribution < -0.4 is 10.6 Å². The molecule has 17 heavy (non-hydrogen) atoms. The van der Waals surface area contributed by atoms with Crippen LogP contribution in [0.1, 0.15) is 6.42 Å². The molecule has 1 aliphatic heterocycles. The highest BCUT2D eigenvalue weighted by atomic mass is 35.5. The van der Waals surface area contributed by atoms with Crippen molar-refractivity contribution < 1.29 is 15.0 Å². The van der Waals surface area contributed by atoms with Gasteiger partial charge in [0.25, 0.3) is 0 Å². The van der Waals surface area contributed by atoms with E-state index in [1.165, 1.54) is 6.07 Å². The van der Waals surface area contributed by atoms with E-state index in [1.54, 1.807) is 18.2 Å². The summed E-state index contributed by atoms with van der Waals surface area (Å²) in [5.74, 6) is -0.201. The zero-order valence-electron chi connectivity index (χ0n) is 9.09. The van der Waals surface area contributed by atoms with Crippen LogP contribution in [-0.2, 0) is 4.79 Å². The number of rotatable bonds is 2. The van der Waals surface area contributed by atoms with Gasteiger partial charge < -0.3 is 20.8 Å². The Morgan fingerprint density at radius 3 is 2.71 bits per heavy atom. The number of carbonyl (C=O) groups excluding carboxylic acids is 1. The minimum absolute atomic E-state index is 0. The van der Waals surface area contributed by atoms with Crippen molar-refractivity contribution in [2.45, 2.75) is 18.6 Å². The summed E-state index contributed by atoms with van der Waals surface area (Å²) in [6, 6.07) is 6.15. The Morgan fingerprint density at radius 1 is 1.41 bits per heavy atom. The molecule has 1 saturated heterocycles. The van der Waals surface area contributed by atoms with Crippen LogP contribution in [0.4, 0.5) is 5.69 Å². The average molecular weight is 259 g/mol. The second-order valence-electron chi connectivity index (χ2n) is 3.86. The van der Waals surface area contributed by atoms with Crippen LogP contribution in [0.15, 0.2) is 24.3 Å². The summed E-state index contributed by atoms with van der Waals surface area (Å²) < 4.78 is 0. The van der Waals surface area contributed by atoms with Crippen molar-refractivity contribution >= 4 is 24.0 Å². The molecule has 0 aromatic heterocycles. The number of hydrogen-bond acceptors (Lipinski definition) is 4. The van der Waals surface area contributed by atoms with Gasteiger partial charge in [-0.25, -0.2) is 0 Å². The van der Waals surface area contributed by atoms with Gasteiger partial charge in [0.05, 0.1) is 17.8 Å². The molecule has 2 unspecified atom stereocenters. The van der Waals surface area contributed by atoms with Gasteiger partial charge in [-0.15, -0.1) is 12.4 Å². The molecule has 0 aliphatic carbocycles. The standard InChI is InChI=1S/C11H14N2O3.ClH/c14-7-5-9(12-6-7)11(16)13-8-3-1-2-4-10(8)15;/h1-4,7,9,12,14-15H,5-6H2,(H,13,16);1H. The maximum Gasteiger partial charge on any atom is 0.241 e. The number of β-amino-alcohol motifs (C(OH)–C–C–N with tert-alkyl or cyclic N) is 1. The highest BCUT2D eigenvalue weighted by Crippen LogP contribution is 2.22. The summed E-state index contributed by atoms with van der Waals surface area (Å²) in [6.45, 7) is 0.429. The molecule has 1 fully saturated rings. The predicted molar refractivity (Wildman–Crippen MR) is 66.4 cm³/mol. The molecule has 1 heterocycles. The maximum atomic E-state index is 11.7. The molecule has 0 spiro atoms.